The monoisotopic (exact) mass is 366 g/mol. The fourth-order valence-corrected chi connectivity index (χ4v) is 4.33. The number of hydrogen-bond donors (Lipinski definition) is 0. The summed E-state index contributed by atoms with van der Waals surface area (Å²) in [5.74, 6) is 0.218. The van der Waals surface area contributed by atoms with E-state index in [1.54, 1.807) is 11.3 Å². The Morgan fingerprint density at radius 3 is 2.81 bits per heavy atom. The first kappa shape index (κ1) is 17.2. The van der Waals surface area contributed by atoms with E-state index in [1.807, 2.05) is 41.3 Å². The Labute approximate surface area is 157 Å². The highest BCUT2D eigenvalue weighted by molar-refractivity contribution is 7.18. The summed E-state index contributed by atoms with van der Waals surface area (Å²) in [6.45, 7) is 1.93. The Bertz CT molecular complexity index is 845. The number of carbonyl (C=O) groups is 1. The van der Waals surface area contributed by atoms with Gasteiger partial charge >= 0.3 is 0 Å². The molecule has 134 valence electrons. The molecule has 0 radical (unpaired) electrons. The van der Waals surface area contributed by atoms with E-state index in [0.29, 0.717) is 26.1 Å². The number of rotatable bonds is 5. The molecule has 1 aliphatic rings. The average molecular weight is 366 g/mol. The van der Waals surface area contributed by atoms with E-state index in [2.05, 4.69) is 23.2 Å². The molecule has 0 N–H and O–H groups in total. The number of carbonyl (C=O) groups excluding carboxylic acids is 1. The van der Waals surface area contributed by atoms with Crippen LogP contribution in [0.2, 0.25) is 0 Å². The SMILES string of the molecule is O=C(CCCc1nc2ccccc2s1)N1CCOC(c2ccccc2)C1. The van der Waals surface area contributed by atoms with Crippen LogP contribution in [-0.4, -0.2) is 35.5 Å². The lowest BCUT2D eigenvalue weighted by atomic mass is 10.1. The number of ether oxygens (including phenoxy) is 1. The molecule has 0 spiro atoms. The maximum absolute atomic E-state index is 12.6. The number of amides is 1. The summed E-state index contributed by atoms with van der Waals surface area (Å²) in [7, 11) is 0. The third-order valence-electron chi connectivity index (χ3n) is 4.71. The second kappa shape index (κ2) is 7.98. The number of hydrogen-bond acceptors (Lipinski definition) is 4. The molecule has 2 heterocycles. The Balaban J connectivity index is 1.30. The van der Waals surface area contributed by atoms with Gasteiger partial charge in [-0.25, -0.2) is 4.98 Å². The number of aryl methyl sites for hydroxylation is 1. The number of thiazole rings is 1. The largest absolute Gasteiger partial charge is 0.370 e. The van der Waals surface area contributed by atoms with E-state index in [9.17, 15) is 4.79 Å². The highest BCUT2D eigenvalue weighted by Gasteiger charge is 2.24. The molecule has 1 amide bonds. The van der Waals surface area contributed by atoms with Crippen molar-refractivity contribution in [3.63, 3.8) is 0 Å². The van der Waals surface area contributed by atoms with Crippen LogP contribution in [0.3, 0.4) is 0 Å². The van der Waals surface area contributed by atoms with Crippen LogP contribution >= 0.6 is 11.3 Å². The van der Waals surface area contributed by atoms with Gasteiger partial charge in [-0.2, -0.15) is 0 Å². The molecule has 3 aromatic rings. The average Bonchev–Trinajstić information content (AvgIpc) is 3.11. The molecule has 26 heavy (non-hydrogen) atoms. The van der Waals surface area contributed by atoms with Crippen LogP contribution in [0.25, 0.3) is 10.2 Å². The van der Waals surface area contributed by atoms with Crippen molar-refractivity contribution in [1.29, 1.82) is 0 Å². The third kappa shape index (κ3) is 3.94. The minimum absolute atomic E-state index is 0.0156. The van der Waals surface area contributed by atoms with Crippen molar-refractivity contribution in [2.75, 3.05) is 19.7 Å². The number of nitrogens with zero attached hydrogens (tertiary/aromatic N) is 2. The van der Waals surface area contributed by atoms with Crippen LogP contribution in [-0.2, 0) is 16.0 Å². The van der Waals surface area contributed by atoms with Crippen molar-refractivity contribution in [3.05, 3.63) is 65.2 Å². The minimum Gasteiger partial charge on any atom is -0.370 e. The zero-order valence-electron chi connectivity index (χ0n) is 14.6. The first-order chi connectivity index (χ1) is 12.8. The van der Waals surface area contributed by atoms with E-state index >= 15 is 0 Å². The summed E-state index contributed by atoms with van der Waals surface area (Å²) in [5.41, 5.74) is 2.19. The molecule has 1 aliphatic heterocycles. The van der Waals surface area contributed by atoms with Crippen molar-refractivity contribution in [1.82, 2.24) is 9.88 Å². The van der Waals surface area contributed by atoms with Crippen LogP contribution in [0.4, 0.5) is 0 Å². The van der Waals surface area contributed by atoms with E-state index < -0.39 is 0 Å². The van der Waals surface area contributed by atoms with Crippen LogP contribution in [0.1, 0.15) is 29.5 Å². The zero-order valence-corrected chi connectivity index (χ0v) is 15.5. The lowest BCUT2D eigenvalue weighted by Crippen LogP contribution is -2.42. The van der Waals surface area contributed by atoms with Gasteiger partial charge in [0.25, 0.3) is 0 Å². The summed E-state index contributed by atoms with van der Waals surface area (Å²) >= 11 is 1.73. The predicted molar refractivity (Wildman–Crippen MR) is 104 cm³/mol. The summed E-state index contributed by atoms with van der Waals surface area (Å²) < 4.78 is 7.07. The third-order valence-corrected chi connectivity index (χ3v) is 5.81. The smallest absolute Gasteiger partial charge is 0.222 e. The predicted octanol–water partition coefficient (Wildman–Crippen LogP) is 4.22. The van der Waals surface area contributed by atoms with Gasteiger partial charge in [-0.05, 0) is 30.5 Å². The molecule has 5 heteroatoms. The molecular weight excluding hydrogens is 344 g/mol. The number of para-hydroxylation sites is 1. The Kier molecular flexibility index (Phi) is 5.27. The summed E-state index contributed by atoms with van der Waals surface area (Å²) in [6.07, 6.45) is 2.25. The molecule has 0 aliphatic carbocycles. The molecule has 1 fully saturated rings. The highest BCUT2D eigenvalue weighted by Crippen LogP contribution is 2.24. The molecule has 4 nitrogen and oxygen atoms in total. The Morgan fingerprint density at radius 1 is 1.15 bits per heavy atom. The molecule has 0 bridgehead atoms. The second-order valence-electron chi connectivity index (χ2n) is 6.54. The lowest BCUT2D eigenvalue weighted by Gasteiger charge is -2.33. The Hall–Kier alpha value is -2.24. The molecule has 4 rings (SSSR count). The molecule has 0 saturated carbocycles. The van der Waals surface area contributed by atoms with Gasteiger partial charge in [-0.1, -0.05) is 42.5 Å². The second-order valence-corrected chi connectivity index (χ2v) is 7.65. The van der Waals surface area contributed by atoms with Gasteiger partial charge in [0.05, 0.1) is 28.4 Å². The van der Waals surface area contributed by atoms with Crippen molar-refractivity contribution in [3.8, 4) is 0 Å². The fourth-order valence-electron chi connectivity index (χ4n) is 3.32. The van der Waals surface area contributed by atoms with E-state index in [1.165, 1.54) is 4.70 Å². The summed E-state index contributed by atoms with van der Waals surface area (Å²) in [6, 6.07) is 18.3. The van der Waals surface area contributed by atoms with E-state index in [4.69, 9.17) is 4.74 Å². The van der Waals surface area contributed by atoms with Crippen molar-refractivity contribution >= 4 is 27.5 Å². The highest BCUT2D eigenvalue weighted by atomic mass is 32.1. The maximum atomic E-state index is 12.6. The van der Waals surface area contributed by atoms with Gasteiger partial charge < -0.3 is 9.64 Å². The first-order valence-corrected chi connectivity index (χ1v) is 9.90. The fraction of sp³-hybridized carbons (Fsp3) is 0.333. The van der Waals surface area contributed by atoms with Crippen LogP contribution in [0, 0.1) is 0 Å². The molecule has 2 aromatic carbocycles. The van der Waals surface area contributed by atoms with E-state index in [-0.39, 0.29) is 12.0 Å². The van der Waals surface area contributed by atoms with Crippen molar-refractivity contribution in [2.24, 2.45) is 0 Å². The van der Waals surface area contributed by atoms with Gasteiger partial charge in [0, 0.05) is 13.0 Å². The standard InChI is InChI=1S/C21H22N2O2S/c24-21(12-6-11-20-22-17-9-4-5-10-19(17)26-20)23-13-14-25-18(15-23)16-7-2-1-3-8-16/h1-5,7-10,18H,6,11-15H2. The van der Waals surface area contributed by atoms with Crippen molar-refractivity contribution < 1.29 is 9.53 Å². The van der Waals surface area contributed by atoms with Gasteiger partial charge in [0.15, 0.2) is 0 Å². The van der Waals surface area contributed by atoms with Crippen LogP contribution in [0.15, 0.2) is 54.6 Å². The van der Waals surface area contributed by atoms with Crippen molar-refractivity contribution in [2.45, 2.75) is 25.4 Å². The van der Waals surface area contributed by atoms with Gasteiger partial charge in [0.2, 0.25) is 5.91 Å². The van der Waals surface area contributed by atoms with E-state index in [0.717, 1.165) is 28.9 Å². The minimum atomic E-state index is -0.0156. The number of aromatic nitrogens is 1. The zero-order chi connectivity index (χ0) is 17.8. The molecule has 1 aromatic heterocycles. The summed E-state index contributed by atoms with van der Waals surface area (Å²) in [5, 5.41) is 1.11. The Morgan fingerprint density at radius 2 is 1.96 bits per heavy atom. The maximum Gasteiger partial charge on any atom is 0.222 e. The quantitative estimate of drug-likeness (QED) is 0.679. The molecule has 1 unspecified atom stereocenters. The summed E-state index contributed by atoms with van der Waals surface area (Å²) in [4.78, 5) is 19.2. The van der Waals surface area contributed by atoms with Gasteiger partial charge in [-0.3, -0.25) is 4.79 Å². The number of benzene rings is 2. The van der Waals surface area contributed by atoms with Crippen LogP contribution < -0.4 is 0 Å². The van der Waals surface area contributed by atoms with Crippen LogP contribution in [0.5, 0.6) is 0 Å². The molecule has 1 atom stereocenters. The van der Waals surface area contributed by atoms with Gasteiger partial charge in [0.1, 0.15) is 6.10 Å². The normalized spacial score (nSPS) is 17.5. The number of fused-ring (bicyclic) bond motifs is 1. The molecular formula is C21H22N2O2S. The topological polar surface area (TPSA) is 42.4 Å². The molecule has 1 saturated heterocycles. The number of morpholine rings is 1. The first-order valence-electron chi connectivity index (χ1n) is 9.08. The van der Waals surface area contributed by atoms with Gasteiger partial charge in [-0.15, -0.1) is 11.3 Å². The lowest BCUT2D eigenvalue weighted by molar-refractivity contribution is -0.139.